The Morgan fingerprint density at radius 2 is 1.61 bits per heavy atom. The number of anilines is 1. The van der Waals surface area contributed by atoms with Gasteiger partial charge in [-0.2, -0.15) is 0 Å². The number of fused-ring (bicyclic) bond motifs is 4. The van der Waals surface area contributed by atoms with Gasteiger partial charge in [0, 0.05) is 54.9 Å². The summed E-state index contributed by atoms with van der Waals surface area (Å²) in [6, 6.07) is 21.7. The lowest BCUT2D eigenvalue weighted by Crippen LogP contribution is -2.47. The van der Waals surface area contributed by atoms with Gasteiger partial charge in [0.1, 0.15) is 5.82 Å². The molecule has 0 N–H and O–H groups in total. The van der Waals surface area contributed by atoms with Crippen molar-refractivity contribution >= 4 is 33.1 Å². The Morgan fingerprint density at radius 1 is 0.788 bits per heavy atom. The number of piperazine rings is 1. The maximum Gasteiger partial charge on any atom is 0.161 e. The molecule has 0 aliphatic carbocycles. The van der Waals surface area contributed by atoms with Gasteiger partial charge in [0.15, 0.2) is 5.65 Å². The van der Waals surface area contributed by atoms with E-state index < -0.39 is 0 Å². The molecule has 2 aromatic carbocycles. The van der Waals surface area contributed by atoms with Crippen LogP contribution >= 0.6 is 0 Å². The fourth-order valence-electron chi connectivity index (χ4n) is 5.15. The monoisotopic (exact) mass is 436 g/mol. The van der Waals surface area contributed by atoms with Gasteiger partial charge >= 0.3 is 0 Å². The van der Waals surface area contributed by atoms with Crippen molar-refractivity contribution in [1.29, 1.82) is 0 Å². The van der Waals surface area contributed by atoms with Gasteiger partial charge in [0.2, 0.25) is 0 Å². The van der Waals surface area contributed by atoms with E-state index in [2.05, 4.69) is 92.0 Å². The average molecular weight is 437 g/mol. The van der Waals surface area contributed by atoms with E-state index in [1.54, 1.807) is 0 Å². The van der Waals surface area contributed by atoms with E-state index in [1.807, 2.05) is 6.92 Å². The Labute approximate surface area is 193 Å². The van der Waals surface area contributed by atoms with Gasteiger partial charge in [-0.25, -0.2) is 0 Å². The molecular weight excluding hydrogens is 408 g/mol. The molecule has 1 fully saturated rings. The van der Waals surface area contributed by atoms with Crippen LogP contribution in [-0.4, -0.2) is 57.2 Å². The average Bonchev–Trinajstić information content (AvgIpc) is 3.23. The Kier molecular flexibility index (Phi) is 4.95. The van der Waals surface area contributed by atoms with Crippen LogP contribution in [0.15, 0.2) is 60.7 Å². The van der Waals surface area contributed by atoms with Gasteiger partial charge in [0.05, 0.1) is 11.0 Å². The number of aromatic nitrogens is 4. The van der Waals surface area contributed by atoms with Crippen LogP contribution in [0.1, 0.15) is 17.1 Å². The fourth-order valence-corrected chi connectivity index (χ4v) is 5.15. The second kappa shape index (κ2) is 8.12. The zero-order valence-electron chi connectivity index (χ0n) is 19.2. The molecule has 33 heavy (non-hydrogen) atoms. The molecule has 0 radical (unpaired) electrons. The van der Waals surface area contributed by atoms with Gasteiger partial charge in [-0.15, -0.1) is 10.2 Å². The van der Waals surface area contributed by atoms with Crippen molar-refractivity contribution in [3.63, 3.8) is 0 Å². The second-order valence-electron chi connectivity index (χ2n) is 9.00. The van der Waals surface area contributed by atoms with E-state index >= 15 is 0 Å². The highest BCUT2D eigenvalue weighted by Gasteiger charge is 2.19. The lowest BCUT2D eigenvalue weighted by molar-refractivity contribution is 0.261. The molecule has 6 heteroatoms. The molecule has 0 bridgehead atoms. The van der Waals surface area contributed by atoms with Crippen LogP contribution in [0.5, 0.6) is 0 Å². The van der Waals surface area contributed by atoms with Crippen molar-refractivity contribution in [3.05, 3.63) is 77.7 Å². The van der Waals surface area contributed by atoms with E-state index in [0.29, 0.717) is 0 Å². The standard InChI is InChI=1S/C27H28N6/c1-19-9-10-23-24(28-19)6-4-7-25(23)32-17-15-31(16-18-32)14-13-21-5-3-8-26-22(21)11-12-27-30-29-20(2)33(26)27/h3-12H,13-18H2,1-2H3. The first-order chi connectivity index (χ1) is 16.2. The smallest absolute Gasteiger partial charge is 0.161 e. The normalized spacial score (nSPS) is 15.2. The van der Waals surface area contributed by atoms with E-state index in [4.69, 9.17) is 4.98 Å². The number of hydrogen-bond acceptors (Lipinski definition) is 5. The summed E-state index contributed by atoms with van der Waals surface area (Å²) in [7, 11) is 0. The number of aryl methyl sites for hydroxylation is 2. The maximum absolute atomic E-state index is 4.71. The van der Waals surface area contributed by atoms with E-state index in [1.165, 1.54) is 27.5 Å². The summed E-state index contributed by atoms with van der Waals surface area (Å²) in [4.78, 5) is 9.81. The number of nitrogens with zero attached hydrogens (tertiary/aromatic N) is 6. The molecule has 0 amide bonds. The highest BCUT2D eigenvalue weighted by Crippen LogP contribution is 2.27. The Morgan fingerprint density at radius 3 is 2.48 bits per heavy atom. The molecule has 1 saturated heterocycles. The van der Waals surface area contributed by atoms with E-state index in [0.717, 1.165) is 61.8 Å². The van der Waals surface area contributed by atoms with E-state index in [-0.39, 0.29) is 0 Å². The van der Waals surface area contributed by atoms with Crippen molar-refractivity contribution in [2.24, 2.45) is 0 Å². The molecule has 3 aromatic heterocycles. The third-order valence-corrected chi connectivity index (χ3v) is 6.92. The largest absolute Gasteiger partial charge is 0.368 e. The number of rotatable bonds is 4. The number of pyridine rings is 2. The Hall–Kier alpha value is -3.51. The molecule has 0 atom stereocenters. The first kappa shape index (κ1) is 20.1. The molecule has 6 nitrogen and oxygen atoms in total. The lowest BCUT2D eigenvalue weighted by Gasteiger charge is -2.36. The number of hydrogen-bond donors (Lipinski definition) is 0. The first-order valence-electron chi connectivity index (χ1n) is 11.7. The third kappa shape index (κ3) is 3.60. The van der Waals surface area contributed by atoms with Crippen LogP contribution in [-0.2, 0) is 6.42 Å². The molecule has 6 rings (SSSR count). The van der Waals surface area contributed by atoms with Gasteiger partial charge in [-0.1, -0.05) is 18.2 Å². The van der Waals surface area contributed by atoms with Crippen molar-refractivity contribution in [2.45, 2.75) is 20.3 Å². The zero-order valence-corrected chi connectivity index (χ0v) is 19.2. The third-order valence-electron chi connectivity index (χ3n) is 6.92. The van der Waals surface area contributed by atoms with E-state index in [9.17, 15) is 0 Å². The molecular formula is C27H28N6. The van der Waals surface area contributed by atoms with Crippen molar-refractivity contribution < 1.29 is 0 Å². The summed E-state index contributed by atoms with van der Waals surface area (Å²) < 4.78 is 2.15. The SMILES string of the molecule is Cc1ccc2c(N3CCN(CCc4cccc5c4ccc4nnc(C)n45)CC3)cccc2n1. The van der Waals surface area contributed by atoms with Gasteiger partial charge in [-0.05, 0) is 68.3 Å². The minimum absolute atomic E-state index is 0.909. The lowest BCUT2D eigenvalue weighted by atomic mass is 10.0. The predicted molar refractivity (Wildman–Crippen MR) is 134 cm³/mol. The number of benzene rings is 2. The minimum Gasteiger partial charge on any atom is -0.368 e. The predicted octanol–water partition coefficient (Wildman–Crippen LogP) is 4.41. The molecule has 4 heterocycles. The molecule has 1 aliphatic heterocycles. The van der Waals surface area contributed by atoms with Crippen molar-refractivity contribution in [3.8, 4) is 0 Å². The molecule has 0 spiro atoms. The topological polar surface area (TPSA) is 49.6 Å². The summed E-state index contributed by atoms with van der Waals surface area (Å²) in [5.41, 5.74) is 6.95. The second-order valence-corrected chi connectivity index (χ2v) is 9.00. The quantitative estimate of drug-likeness (QED) is 0.418. The summed E-state index contributed by atoms with van der Waals surface area (Å²) in [5.74, 6) is 0.933. The molecule has 166 valence electrons. The molecule has 1 aliphatic rings. The van der Waals surface area contributed by atoms with Crippen LogP contribution in [0.3, 0.4) is 0 Å². The summed E-state index contributed by atoms with van der Waals surface area (Å²) in [6.07, 6.45) is 1.04. The van der Waals surface area contributed by atoms with Crippen LogP contribution in [0.2, 0.25) is 0 Å². The van der Waals surface area contributed by atoms with Gasteiger partial charge in [-0.3, -0.25) is 14.3 Å². The highest BCUT2D eigenvalue weighted by molar-refractivity contribution is 5.92. The molecule has 0 unspecified atom stereocenters. The fraction of sp³-hybridized carbons (Fsp3) is 0.296. The zero-order chi connectivity index (χ0) is 22.4. The van der Waals surface area contributed by atoms with Crippen LogP contribution < -0.4 is 4.90 Å². The summed E-state index contributed by atoms with van der Waals surface area (Å²) in [5, 5.41) is 11.1. The van der Waals surface area contributed by atoms with Crippen LogP contribution in [0, 0.1) is 13.8 Å². The Balaban J connectivity index is 1.16. The van der Waals surface area contributed by atoms with Gasteiger partial charge < -0.3 is 4.90 Å². The highest BCUT2D eigenvalue weighted by atomic mass is 15.3. The molecule has 0 saturated carbocycles. The van der Waals surface area contributed by atoms with Crippen molar-refractivity contribution in [1.82, 2.24) is 24.5 Å². The van der Waals surface area contributed by atoms with Gasteiger partial charge in [0.25, 0.3) is 0 Å². The van der Waals surface area contributed by atoms with Crippen LogP contribution in [0.25, 0.3) is 27.5 Å². The maximum atomic E-state index is 4.71. The summed E-state index contributed by atoms with van der Waals surface area (Å²) >= 11 is 0. The van der Waals surface area contributed by atoms with Crippen molar-refractivity contribution in [2.75, 3.05) is 37.6 Å². The summed E-state index contributed by atoms with van der Waals surface area (Å²) in [6.45, 7) is 9.38. The van der Waals surface area contributed by atoms with Crippen LogP contribution in [0.4, 0.5) is 5.69 Å². The molecule has 5 aromatic rings. The Bertz CT molecular complexity index is 1460. The minimum atomic E-state index is 0.909. The first-order valence-corrected chi connectivity index (χ1v) is 11.7.